The smallest absolute Gasteiger partial charge is 0.240 e. The van der Waals surface area contributed by atoms with Crippen molar-refractivity contribution in [3.63, 3.8) is 0 Å². The second-order valence-corrected chi connectivity index (χ2v) is 9.78. The van der Waals surface area contributed by atoms with Gasteiger partial charge in [-0.1, -0.05) is 25.9 Å². The number of methoxy groups -OCH3 is 1. The van der Waals surface area contributed by atoms with Gasteiger partial charge in [0.1, 0.15) is 5.75 Å². The zero-order valence-corrected chi connectivity index (χ0v) is 17.8. The molecule has 1 saturated carbocycles. The number of carbonyl (C=O) groups is 1. The molecule has 1 fully saturated rings. The molecule has 0 bridgehead atoms. The van der Waals surface area contributed by atoms with E-state index in [-0.39, 0.29) is 40.8 Å². The van der Waals surface area contributed by atoms with Crippen molar-refractivity contribution < 1.29 is 22.5 Å². The Hall–Kier alpha value is -2.46. The SMILES string of the molecule is COc1ccc(S(=O)(=O)NC2CC2)cc1NC(=O)CCc1nc(C(C)(C)C)no1. The molecule has 2 aromatic rings. The highest BCUT2D eigenvalue weighted by Gasteiger charge is 2.28. The summed E-state index contributed by atoms with van der Waals surface area (Å²) in [4.78, 5) is 16.8. The van der Waals surface area contributed by atoms with Crippen LogP contribution in [0.2, 0.25) is 0 Å². The number of nitrogens with one attached hydrogen (secondary N) is 2. The summed E-state index contributed by atoms with van der Waals surface area (Å²) in [7, 11) is -2.18. The van der Waals surface area contributed by atoms with Gasteiger partial charge in [0, 0.05) is 24.3 Å². The Kier molecular flexibility index (Phi) is 5.95. The lowest BCUT2D eigenvalue weighted by molar-refractivity contribution is -0.116. The Balaban J connectivity index is 1.67. The molecule has 1 aliphatic carbocycles. The molecule has 1 aliphatic rings. The van der Waals surface area contributed by atoms with Crippen molar-refractivity contribution in [3.8, 4) is 5.75 Å². The third kappa shape index (κ3) is 5.54. The minimum absolute atomic E-state index is 0.00691. The second kappa shape index (κ2) is 8.11. The molecule has 10 heteroatoms. The Morgan fingerprint density at radius 1 is 1.31 bits per heavy atom. The normalized spacial score (nSPS) is 14.6. The highest BCUT2D eigenvalue weighted by molar-refractivity contribution is 7.89. The molecule has 1 heterocycles. The molecule has 1 amide bonds. The van der Waals surface area contributed by atoms with Gasteiger partial charge in [-0.25, -0.2) is 13.1 Å². The van der Waals surface area contributed by atoms with Crippen molar-refractivity contribution >= 4 is 21.6 Å². The van der Waals surface area contributed by atoms with Crippen LogP contribution >= 0.6 is 0 Å². The van der Waals surface area contributed by atoms with Crippen molar-refractivity contribution in [3.05, 3.63) is 29.9 Å². The minimum Gasteiger partial charge on any atom is -0.495 e. The lowest BCUT2D eigenvalue weighted by Crippen LogP contribution is -2.26. The Morgan fingerprint density at radius 3 is 2.62 bits per heavy atom. The molecule has 29 heavy (non-hydrogen) atoms. The fraction of sp³-hybridized carbons (Fsp3) is 0.526. The van der Waals surface area contributed by atoms with Gasteiger partial charge in [-0.15, -0.1) is 0 Å². The van der Waals surface area contributed by atoms with Crippen molar-refractivity contribution in [1.82, 2.24) is 14.9 Å². The van der Waals surface area contributed by atoms with Gasteiger partial charge in [0.2, 0.25) is 21.8 Å². The molecular formula is C19H26N4O5S. The van der Waals surface area contributed by atoms with Crippen molar-refractivity contribution in [2.45, 2.75) is 62.8 Å². The van der Waals surface area contributed by atoms with E-state index < -0.39 is 10.0 Å². The maximum atomic E-state index is 12.4. The van der Waals surface area contributed by atoms with Crippen LogP contribution in [0.15, 0.2) is 27.6 Å². The van der Waals surface area contributed by atoms with Gasteiger partial charge in [-0.3, -0.25) is 4.79 Å². The molecule has 0 saturated heterocycles. The highest BCUT2D eigenvalue weighted by Crippen LogP contribution is 2.29. The number of anilines is 1. The van der Waals surface area contributed by atoms with Crippen molar-refractivity contribution in [2.75, 3.05) is 12.4 Å². The third-order valence-electron chi connectivity index (χ3n) is 4.36. The van der Waals surface area contributed by atoms with Crippen LogP contribution in [0, 0.1) is 0 Å². The van der Waals surface area contributed by atoms with E-state index in [4.69, 9.17) is 9.26 Å². The lowest BCUT2D eigenvalue weighted by Gasteiger charge is -2.12. The summed E-state index contributed by atoms with van der Waals surface area (Å²) < 4.78 is 37.9. The summed E-state index contributed by atoms with van der Waals surface area (Å²) in [6.45, 7) is 5.92. The van der Waals surface area contributed by atoms with E-state index in [0.29, 0.717) is 17.5 Å². The van der Waals surface area contributed by atoms with Crippen molar-refractivity contribution in [1.29, 1.82) is 0 Å². The number of rotatable bonds is 8. The summed E-state index contributed by atoms with van der Waals surface area (Å²) >= 11 is 0. The maximum Gasteiger partial charge on any atom is 0.240 e. The summed E-state index contributed by atoms with van der Waals surface area (Å²) in [5.41, 5.74) is 0.0507. The fourth-order valence-electron chi connectivity index (χ4n) is 2.53. The molecular weight excluding hydrogens is 396 g/mol. The molecule has 0 radical (unpaired) electrons. The quantitative estimate of drug-likeness (QED) is 0.669. The lowest BCUT2D eigenvalue weighted by atomic mass is 9.96. The molecule has 1 aromatic heterocycles. The first-order chi connectivity index (χ1) is 13.6. The molecule has 2 N–H and O–H groups in total. The molecule has 1 aromatic carbocycles. The van der Waals surface area contributed by atoms with E-state index in [1.54, 1.807) is 0 Å². The Labute approximate surface area is 170 Å². The van der Waals surface area contributed by atoms with Gasteiger partial charge in [0.05, 0.1) is 17.7 Å². The topological polar surface area (TPSA) is 123 Å². The van der Waals surface area contributed by atoms with Crippen LogP contribution in [-0.4, -0.2) is 37.6 Å². The second-order valence-electron chi connectivity index (χ2n) is 8.07. The van der Waals surface area contributed by atoms with Crippen LogP contribution < -0.4 is 14.8 Å². The first-order valence-corrected chi connectivity index (χ1v) is 10.9. The maximum absolute atomic E-state index is 12.4. The summed E-state index contributed by atoms with van der Waals surface area (Å²) in [6, 6.07) is 4.36. The summed E-state index contributed by atoms with van der Waals surface area (Å²) in [5, 5.41) is 6.64. The van der Waals surface area contributed by atoms with Gasteiger partial charge in [-0.2, -0.15) is 4.98 Å². The predicted molar refractivity (Wildman–Crippen MR) is 106 cm³/mol. The number of sulfonamides is 1. The van der Waals surface area contributed by atoms with E-state index in [9.17, 15) is 13.2 Å². The Bertz CT molecular complexity index is 990. The average molecular weight is 423 g/mol. The third-order valence-corrected chi connectivity index (χ3v) is 5.88. The first-order valence-electron chi connectivity index (χ1n) is 9.42. The number of hydrogen-bond donors (Lipinski definition) is 2. The molecule has 0 unspecified atom stereocenters. The monoisotopic (exact) mass is 422 g/mol. The van der Waals surface area contributed by atoms with Gasteiger partial charge in [-0.05, 0) is 31.0 Å². The number of aromatic nitrogens is 2. The van der Waals surface area contributed by atoms with E-state index in [2.05, 4.69) is 20.2 Å². The van der Waals surface area contributed by atoms with E-state index in [1.165, 1.54) is 25.3 Å². The number of amides is 1. The molecule has 158 valence electrons. The molecule has 9 nitrogen and oxygen atoms in total. The van der Waals surface area contributed by atoms with Crippen LogP contribution in [0.5, 0.6) is 5.75 Å². The van der Waals surface area contributed by atoms with Gasteiger partial charge in [0.25, 0.3) is 0 Å². The van der Waals surface area contributed by atoms with Crippen molar-refractivity contribution in [2.24, 2.45) is 0 Å². The Morgan fingerprint density at radius 2 is 2.03 bits per heavy atom. The fourth-order valence-corrected chi connectivity index (χ4v) is 3.87. The predicted octanol–water partition coefficient (Wildman–Crippen LogP) is 2.39. The van der Waals surface area contributed by atoms with Crippen LogP contribution in [0.1, 0.15) is 51.7 Å². The van der Waals surface area contributed by atoms with Crippen LogP contribution in [0.4, 0.5) is 5.69 Å². The first kappa shape index (κ1) is 21.3. The zero-order valence-electron chi connectivity index (χ0n) is 17.0. The highest BCUT2D eigenvalue weighted by atomic mass is 32.2. The summed E-state index contributed by atoms with van der Waals surface area (Å²) in [5.74, 6) is 1.01. The largest absolute Gasteiger partial charge is 0.495 e. The number of nitrogens with zero attached hydrogens (tertiary/aromatic N) is 2. The minimum atomic E-state index is -3.64. The van der Waals surface area contributed by atoms with Crippen LogP contribution in [-0.2, 0) is 26.7 Å². The van der Waals surface area contributed by atoms with Gasteiger partial charge in [0.15, 0.2) is 5.82 Å². The number of benzene rings is 1. The zero-order chi connectivity index (χ0) is 21.2. The van der Waals surface area contributed by atoms with Gasteiger partial charge >= 0.3 is 0 Å². The molecule has 0 atom stereocenters. The number of carbonyl (C=O) groups excluding carboxylic acids is 1. The number of aryl methyl sites for hydroxylation is 1. The van der Waals surface area contributed by atoms with Crippen LogP contribution in [0.25, 0.3) is 0 Å². The molecule has 0 aliphatic heterocycles. The van der Waals surface area contributed by atoms with Crippen LogP contribution in [0.3, 0.4) is 0 Å². The van der Waals surface area contributed by atoms with Gasteiger partial charge < -0.3 is 14.6 Å². The molecule has 3 rings (SSSR count). The van der Waals surface area contributed by atoms with E-state index >= 15 is 0 Å². The number of hydrogen-bond acceptors (Lipinski definition) is 7. The van der Waals surface area contributed by atoms with E-state index in [0.717, 1.165) is 12.8 Å². The average Bonchev–Trinajstić information content (AvgIpc) is 3.30. The number of ether oxygens (including phenoxy) is 1. The summed E-state index contributed by atoms with van der Waals surface area (Å²) in [6.07, 6.45) is 2.06. The molecule has 0 spiro atoms. The standard InChI is InChI=1S/C19H26N4O5S/c1-19(2,3)18-21-17(28-22-18)10-9-16(24)20-14-11-13(7-8-15(14)27-4)29(25,26)23-12-5-6-12/h7-8,11-12,23H,5-6,9-10H2,1-4H3,(H,20,24). The van der Waals surface area contributed by atoms with E-state index in [1.807, 2.05) is 20.8 Å².